The highest BCUT2D eigenvalue weighted by Gasteiger charge is 2.19. The van der Waals surface area contributed by atoms with Gasteiger partial charge in [0.15, 0.2) is 5.82 Å². The first-order chi connectivity index (χ1) is 17.7. The normalized spacial score (nSPS) is 11.4. The molecule has 0 amide bonds. The van der Waals surface area contributed by atoms with Gasteiger partial charge < -0.3 is 9.47 Å². The minimum absolute atomic E-state index is 0.110. The SMILES string of the molecule is CCOc1ccc([N+](=O)[O-])cc1C=Nn1c(-c2cc(C(C)C)c(OC)cc2C)nc2ccccc2c1=O. The molecule has 1 aromatic heterocycles. The van der Waals surface area contributed by atoms with E-state index in [4.69, 9.17) is 14.5 Å². The Morgan fingerprint density at radius 2 is 1.89 bits per heavy atom. The number of nitrogens with zero attached hydrogens (tertiary/aromatic N) is 4. The Bertz CT molecular complexity index is 1570. The van der Waals surface area contributed by atoms with Crippen LogP contribution >= 0.6 is 0 Å². The highest BCUT2D eigenvalue weighted by Crippen LogP contribution is 2.34. The molecule has 0 saturated carbocycles. The lowest BCUT2D eigenvalue weighted by atomic mass is 9.96. The molecule has 3 aromatic carbocycles. The van der Waals surface area contributed by atoms with E-state index in [2.05, 4.69) is 18.9 Å². The van der Waals surface area contributed by atoms with E-state index >= 15 is 0 Å². The van der Waals surface area contributed by atoms with E-state index in [1.807, 2.05) is 32.0 Å². The standard InChI is InChI=1S/C28H28N4O5/c1-6-37-25-12-11-20(32(34)35)14-19(25)16-29-31-27(30-24-10-8-7-9-21(24)28(31)33)23-15-22(17(2)3)26(36-5)13-18(23)4/h7-17H,6H2,1-5H3. The molecule has 0 fully saturated rings. The van der Waals surface area contributed by atoms with Gasteiger partial charge in [-0.25, -0.2) is 4.98 Å². The Balaban J connectivity index is 1.99. The summed E-state index contributed by atoms with van der Waals surface area (Å²) in [5.74, 6) is 1.69. The minimum Gasteiger partial charge on any atom is -0.496 e. The molecule has 4 aromatic rings. The van der Waals surface area contributed by atoms with Crippen LogP contribution < -0.4 is 15.0 Å². The van der Waals surface area contributed by atoms with E-state index in [1.54, 1.807) is 25.3 Å². The van der Waals surface area contributed by atoms with E-state index in [0.29, 0.717) is 34.6 Å². The average Bonchev–Trinajstić information content (AvgIpc) is 2.88. The Hall–Kier alpha value is -4.53. The Labute approximate surface area is 214 Å². The average molecular weight is 501 g/mol. The van der Waals surface area contributed by atoms with Crippen LogP contribution in [0.3, 0.4) is 0 Å². The highest BCUT2D eigenvalue weighted by atomic mass is 16.6. The van der Waals surface area contributed by atoms with E-state index in [-0.39, 0.29) is 17.2 Å². The van der Waals surface area contributed by atoms with E-state index in [0.717, 1.165) is 22.4 Å². The Morgan fingerprint density at radius 1 is 1.14 bits per heavy atom. The molecule has 9 heteroatoms. The topological polar surface area (TPSA) is 109 Å². The molecule has 0 bridgehead atoms. The van der Waals surface area contributed by atoms with Crippen molar-refractivity contribution in [1.82, 2.24) is 9.66 Å². The van der Waals surface area contributed by atoms with Gasteiger partial charge in [0, 0.05) is 23.3 Å². The molecule has 0 aliphatic carbocycles. The number of methoxy groups -OCH3 is 1. The number of nitro groups is 1. The summed E-state index contributed by atoms with van der Waals surface area (Å²) in [5, 5.41) is 16.2. The largest absolute Gasteiger partial charge is 0.496 e. The molecule has 0 aliphatic rings. The number of para-hydroxylation sites is 1. The molecule has 4 rings (SSSR count). The van der Waals surface area contributed by atoms with Crippen molar-refractivity contribution < 1.29 is 14.4 Å². The van der Waals surface area contributed by atoms with Crippen LogP contribution in [-0.4, -0.2) is 34.5 Å². The fourth-order valence-corrected chi connectivity index (χ4v) is 4.13. The summed E-state index contributed by atoms with van der Waals surface area (Å²) in [7, 11) is 1.63. The fourth-order valence-electron chi connectivity index (χ4n) is 4.13. The number of fused-ring (bicyclic) bond motifs is 1. The van der Waals surface area contributed by atoms with Crippen LogP contribution in [0.1, 0.15) is 43.4 Å². The summed E-state index contributed by atoms with van der Waals surface area (Å²) < 4.78 is 12.5. The van der Waals surface area contributed by atoms with E-state index in [1.165, 1.54) is 29.1 Å². The first kappa shape index (κ1) is 25.6. The molecule has 190 valence electrons. The molecular weight excluding hydrogens is 472 g/mol. The van der Waals surface area contributed by atoms with Gasteiger partial charge in [-0.15, -0.1) is 0 Å². The monoisotopic (exact) mass is 500 g/mol. The third-order valence-corrected chi connectivity index (χ3v) is 6.01. The summed E-state index contributed by atoms with van der Waals surface area (Å²) >= 11 is 0. The summed E-state index contributed by atoms with van der Waals surface area (Å²) in [6.07, 6.45) is 1.39. The number of aryl methyl sites for hydroxylation is 1. The van der Waals surface area contributed by atoms with Crippen molar-refractivity contribution in [3.63, 3.8) is 0 Å². The van der Waals surface area contributed by atoms with Gasteiger partial charge in [-0.2, -0.15) is 9.78 Å². The number of hydrogen-bond acceptors (Lipinski definition) is 7. The number of aromatic nitrogens is 2. The molecular formula is C28H28N4O5. The van der Waals surface area contributed by atoms with Gasteiger partial charge in [-0.1, -0.05) is 26.0 Å². The third-order valence-electron chi connectivity index (χ3n) is 6.01. The zero-order valence-corrected chi connectivity index (χ0v) is 21.4. The summed E-state index contributed by atoms with van der Waals surface area (Å²) in [6, 6.07) is 15.2. The summed E-state index contributed by atoms with van der Waals surface area (Å²) in [6.45, 7) is 8.23. The molecule has 0 atom stereocenters. The fraction of sp³-hybridized carbons (Fsp3) is 0.250. The molecule has 0 aliphatic heterocycles. The first-order valence-corrected chi connectivity index (χ1v) is 11.9. The van der Waals surface area contributed by atoms with Gasteiger partial charge in [0.25, 0.3) is 11.2 Å². The van der Waals surface area contributed by atoms with Crippen molar-refractivity contribution in [3.05, 3.63) is 91.8 Å². The van der Waals surface area contributed by atoms with Crippen molar-refractivity contribution in [2.75, 3.05) is 13.7 Å². The molecule has 37 heavy (non-hydrogen) atoms. The third kappa shape index (κ3) is 5.06. The molecule has 0 radical (unpaired) electrons. The number of benzene rings is 3. The zero-order valence-electron chi connectivity index (χ0n) is 21.4. The smallest absolute Gasteiger partial charge is 0.282 e. The molecule has 0 unspecified atom stereocenters. The van der Waals surface area contributed by atoms with Crippen LogP contribution in [0.15, 0.2) is 64.5 Å². The predicted molar refractivity (Wildman–Crippen MR) is 144 cm³/mol. The van der Waals surface area contributed by atoms with Crippen LogP contribution in [0.25, 0.3) is 22.3 Å². The van der Waals surface area contributed by atoms with Crippen molar-refractivity contribution >= 4 is 22.8 Å². The quantitative estimate of drug-likeness (QED) is 0.175. The van der Waals surface area contributed by atoms with E-state index in [9.17, 15) is 14.9 Å². The number of non-ortho nitro benzene ring substituents is 1. The number of hydrogen-bond donors (Lipinski definition) is 0. The second-order valence-electron chi connectivity index (χ2n) is 8.79. The van der Waals surface area contributed by atoms with E-state index < -0.39 is 4.92 Å². The minimum atomic E-state index is -0.490. The number of nitro benzene ring substituents is 1. The van der Waals surface area contributed by atoms with Crippen molar-refractivity contribution in [2.45, 2.75) is 33.6 Å². The van der Waals surface area contributed by atoms with Gasteiger partial charge >= 0.3 is 0 Å². The molecule has 1 heterocycles. The number of ether oxygens (including phenoxy) is 2. The van der Waals surface area contributed by atoms with Crippen LogP contribution in [0.5, 0.6) is 11.5 Å². The molecule has 0 saturated heterocycles. The number of rotatable bonds is 8. The lowest BCUT2D eigenvalue weighted by Gasteiger charge is -2.17. The van der Waals surface area contributed by atoms with Gasteiger partial charge in [0.2, 0.25) is 0 Å². The van der Waals surface area contributed by atoms with Crippen LogP contribution in [0.2, 0.25) is 0 Å². The van der Waals surface area contributed by atoms with Crippen LogP contribution in [-0.2, 0) is 0 Å². The molecule has 0 spiro atoms. The second-order valence-corrected chi connectivity index (χ2v) is 8.79. The van der Waals surface area contributed by atoms with Gasteiger partial charge in [0.1, 0.15) is 11.5 Å². The lowest BCUT2D eigenvalue weighted by molar-refractivity contribution is -0.384. The van der Waals surface area contributed by atoms with Crippen molar-refractivity contribution in [1.29, 1.82) is 0 Å². The van der Waals surface area contributed by atoms with Gasteiger partial charge in [0.05, 0.1) is 35.8 Å². The summed E-state index contributed by atoms with van der Waals surface area (Å²) in [4.78, 5) is 29.3. The van der Waals surface area contributed by atoms with Crippen molar-refractivity contribution in [2.24, 2.45) is 5.10 Å². The Kier molecular flexibility index (Phi) is 7.33. The predicted octanol–water partition coefficient (Wildman–Crippen LogP) is 5.69. The maximum atomic E-state index is 13.6. The van der Waals surface area contributed by atoms with Gasteiger partial charge in [-0.05, 0) is 61.2 Å². The lowest BCUT2D eigenvalue weighted by Crippen LogP contribution is -2.21. The van der Waals surface area contributed by atoms with Crippen LogP contribution in [0, 0.1) is 17.0 Å². The highest BCUT2D eigenvalue weighted by molar-refractivity contribution is 5.85. The second kappa shape index (κ2) is 10.6. The van der Waals surface area contributed by atoms with Crippen LogP contribution in [0.4, 0.5) is 5.69 Å². The zero-order chi connectivity index (χ0) is 26.7. The molecule has 9 nitrogen and oxygen atoms in total. The first-order valence-electron chi connectivity index (χ1n) is 11.9. The maximum Gasteiger partial charge on any atom is 0.282 e. The van der Waals surface area contributed by atoms with Gasteiger partial charge in [-0.3, -0.25) is 14.9 Å². The maximum absolute atomic E-state index is 13.6. The Morgan fingerprint density at radius 3 is 2.57 bits per heavy atom. The van der Waals surface area contributed by atoms with Crippen molar-refractivity contribution in [3.8, 4) is 22.9 Å². The molecule has 0 N–H and O–H groups in total. The summed E-state index contributed by atoms with van der Waals surface area (Å²) in [5.41, 5.74) is 3.00.